The molecule has 10 N–H and O–H groups in total. The Hall–Kier alpha value is -3.44. The number of fused-ring (bicyclic) bond motifs is 7. The van der Waals surface area contributed by atoms with Crippen LogP contribution in [0.2, 0.25) is 0 Å². The van der Waals surface area contributed by atoms with Gasteiger partial charge in [-0.25, -0.2) is 9.59 Å². The van der Waals surface area contributed by atoms with Crippen LogP contribution in [-0.4, -0.2) is 142 Å². The molecule has 0 spiro atoms. The van der Waals surface area contributed by atoms with Gasteiger partial charge in [-0.05, 0) is 122 Å². The number of allylic oxidation sites excluding steroid dienone is 2. The maximum Gasteiger partial charge on any atom is 0.335 e. The van der Waals surface area contributed by atoms with Crippen LogP contribution in [0.1, 0.15) is 106 Å². The summed E-state index contributed by atoms with van der Waals surface area (Å²) in [4.78, 5) is 66.7. The van der Waals surface area contributed by atoms with Crippen LogP contribution in [0.3, 0.4) is 0 Å². The summed E-state index contributed by atoms with van der Waals surface area (Å²) in [5, 5.41) is 83.0. The highest BCUT2D eigenvalue weighted by Gasteiger charge is 2.71. The third-order valence-corrected chi connectivity index (χ3v) is 18.1. The number of ketones is 1. The molecule has 5 unspecified atom stereocenters. The summed E-state index contributed by atoms with van der Waals surface area (Å²) in [5.74, 6) is -4.47. The van der Waals surface area contributed by atoms with Crippen LogP contribution < -0.4 is 5.56 Å². The van der Waals surface area contributed by atoms with E-state index in [1.54, 1.807) is 0 Å². The summed E-state index contributed by atoms with van der Waals surface area (Å²) >= 11 is 4.59. The molecule has 368 valence electrons. The summed E-state index contributed by atoms with van der Waals surface area (Å²) in [7, 11) is 0. The molecule has 0 radical (unpaired) electrons. The van der Waals surface area contributed by atoms with Gasteiger partial charge >= 0.3 is 17.9 Å². The molecule has 6 fully saturated rings. The van der Waals surface area contributed by atoms with Crippen LogP contribution in [0.4, 0.5) is 0 Å². The van der Waals surface area contributed by atoms with Crippen molar-refractivity contribution in [1.29, 1.82) is 0 Å². The van der Waals surface area contributed by atoms with Crippen molar-refractivity contribution in [2.75, 3.05) is 0 Å². The van der Waals surface area contributed by atoms with Crippen molar-refractivity contribution in [1.82, 2.24) is 9.97 Å². The van der Waals surface area contributed by atoms with E-state index in [-0.39, 0.29) is 39.9 Å². The number of hydrogen-bond donors (Lipinski definition) is 10. The lowest BCUT2D eigenvalue weighted by atomic mass is 9.33. The van der Waals surface area contributed by atoms with Crippen molar-refractivity contribution in [2.45, 2.75) is 174 Å². The maximum atomic E-state index is 14.8. The Morgan fingerprint density at radius 2 is 1.35 bits per heavy atom. The molecule has 0 aromatic carbocycles. The van der Waals surface area contributed by atoms with Crippen LogP contribution in [-0.2, 0) is 38.1 Å². The van der Waals surface area contributed by atoms with E-state index in [1.807, 2.05) is 26.8 Å². The van der Waals surface area contributed by atoms with Gasteiger partial charge in [0.05, 0.1) is 11.5 Å². The van der Waals surface area contributed by atoms with Gasteiger partial charge in [0.25, 0.3) is 5.56 Å². The largest absolute Gasteiger partial charge is 0.481 e. The van der Waals surface area contributed by atoms with Gasteiger partial charge in [0, 0.05) is 18.2 Å². The second-order valence-electron chi connectivity index (χ2n) is 21.9. The first-order valence-corrected chi connectivity index (χ1v) is 23.2. The number of ether oxygens (including phenoxy) is 4. The fourth-order valence-electron chi connectivity index (χ4n) is 13.8. The summed E-state index contributed by atoms with van der Waals surface area (Å²) in [5.41, 5.74) is -1.98. The molecule has 0 bridgehead atoms. The number of carbonyl (C=O) groups excluding carboxylic acids is 1. The van der Waals surface area contributed by atoms with E-state index >= 15 is 0 Å². The molecule has 8 rings (SSSR count). The van der Waals surface area contributed by atoms with Gasteiger partial charge < -0.3 is 64.8 Å². The predicted molar refractivity (Wildman–Crippen MR) is 232 cm³/mol. The first-order chi connectivity index (χ1) is 30.6. The Kier molecular flexibility index (Phi) is 13.4. The fraction of sp³-hybridized carbons (Fsp3) is 0.783. The van der Waals surface area contributed by atoms with Crippen molar-refractivity contribution in [3.8, 4) is 0 Å². The first-order valence-electron chi connectivity index (χ1n) is 22.8. The third kappa shape index (κ3) is 8.13. The second-order valence-corrected chi connectivity index (χ2v) is 22.3. The van der Waals surface area contributed by atoms with E-state index in [9.17, 15) is 64.8 Å². The molecule has 4 saturated carbocycles. The number of aliphatic hydroxyl groups excluding tert-OH is 5. The minimum absolute atomic E-state index is 0.0217. The summed E-state index contributed by atoms with van der Waals surface area (Å²) in [6.45, 7) is 14.8. The van der Waals surface area contributed by atoms with Crippen molar-refractivity contribution >= 4 is 35.9 Å². The van der Waals surface area contributed by atoms with Crippen LogP contribution in [0.15, 0.2) is 28.7 Å². The van der Waals surface area contributed by atoms with Crippen molar-refractivity contribution in [2.24, 2.45) is 50.2 Å². The maximum absolute atomic E-state index is 14.8. The van der Waals surface area contributed by atoms with Gasteiger partial charge in [-0.2, -0.15) is 0 Å². The van der Waals surface area contributed by atoms with Crippen LogP contribution in [0, 0.1) is 55.0 Å². The van der Waals surface area contributed by atoms with E-state index in [2.05, 4.69) is 49.9 Å². The van der Waals surface area contributed by atoms with Crippen LogP contribution in [0.25, 0.3) is 0 Å². The SMILES string of the molecule is CC12CC[C@](C)(C(=O)O)CC1C1=CC(=O)[C@@H]3C4(C)CCC(O[C@H]5O[C@H](C(=O)O)[C@@H](O)[C@H](O)[C@H]5O[C@@H]5O[C@H](C(=O)O)[C@@H](O)[C@H](O)[C@H]5O)C(C)(C)[C@@H]4CCC3(C)[C@]1(C)CC2.O=c1cc[nH]c(=S)[nH]1. The smallest absolute Gasteiger partial charge is 0.335 e. The van der Waals surface area contributed by atoms with Crippen LogP contribution >= 0.6 is 12.2 Å². The van der Waals surface area contributed by atoms with Gasteiger partial charge in [-0.3, -0.25) is 19.4 Å². The predicted octanol–water partition coefficient (Wildman–Crippen LogP) is 2.68. The molecule has 20 heteroatoms. The molecular weight excluding hydrogens is 885 g/mol. The third-order valence-electron chi connectivity index (χ3n) is 17.9. The summed E-state index contributed by atoms with van der Waals surface area (Å²) < 4.78 is 23.7. The number of aromatic nitrogens is 2. The number of nitrogens with one attached hydrogen (secondary N) is 2. The number of aliphatic carboxylic acids is 3. The average molecular weight is 951 g/mol. The van der Waals surface area contributed by atoms with Gasteiger partial charge in [0.2, 0.25) is 0 Å². The zero-order valence-electron chi connectivity index (χ0n) is 38.3. The summed E-state index contributed by atoms with van der Waals surface area (Å²) in [6.07, 6.45) is -10.7. The van der Waals surface area contributed by atoms with Gasteiger partial charge in [0.1, 0.15) is 36.6 Å². The number of rotatable bonds is 7. The lowest BCUT2D eigenvalue weighted by Gasteiger charge is -2.70. The molecule has 3 heterocycles. The van der Waals surface area contributed by atoms with E-state index in [4.69, 9.17) is 18.9 Å². The van der Waals surface area contributed by atoms with E-state index in [0.717, 1.165) is 37.7 Å². The highest BCUT2D eigenvalue weighted by Crippen LogP contribution is 2.75. The molecule has 1 aromatic rings. The summed E-state index contributed by atoms with van der Waals surface area (Å²) in [6, 6.07) is 1.37. The molecule has 2 aliphatic heterocycles. The lowest BCUT2D eigenvalue weighted by Crippen LogP contribution is -2.68. The Bertz CT molecular complexity index is 2210. The molecule has 2 saturated heterocycles. The molecule has 19 atom stereocenters. The monoisotopic (exact) mass is 950 g/mol. The van der Waals surface area contributed by atoms with Crippen LogP contribution in [0.5, 0.6) is 0 Å². The fourth-order valence-corrected chi connectivity index (χ4v) is 13.9. The molecular formula is C46H66N2O17S. The zero-order chi connectivity index (χ0) is 48.9. The minimum atomic E-state index is -2.05. The Labute approximate surface area is 386 Å². The normalized spacial score (nSPS) is 47.3. The first kappa shape index (κ1) is 50.4. The highest BCUT2D eigenvalue weighted by molar-refractivity contribution is 7.71. The number of carboxylic acids is 3. The van der Waals surface area contributed by atoms with Gasteiger partial charge in [-0.15, -0.1) is 0 Å². The quantitative estimate of drug-likeness (QED) is 0.139. The number of aliphatic hydroxyl groups is 5. The topological polar surface area (TPSA) is 316 Å². The lowest BCUT2D eigenvalue weighted by molar-refractivity contribution is -0.371. The molecule has 1 aromatic heterocycles. The molecule has 66 heavy (non-hydrogen) atoms. The van der Waals surface area contributed by atoms with Gasteiger partial charge in [0.15, 0.2) is 35.3 Å². The Morgan fingerprint density at radius 3 is 1.92 bits per heavy atom. The molecule has 19 nitrogen and oxygen atoms in total. The average Bonchev–Trinajstić information content (AvgIpc) is 3.22. The number of carboxylic acid groups (broad SMARTS) is 3. The van der Waals surface area contributed by atoms with E-state index in [0.29, 0.717) is 30.5 Å². The van der Waals surface area contributed by atoms with E-state index in [1.165, 1.54) is 12.3 Å². The highest BCUT2D eigenvalue weighted by atomic mass is 32.1. The Morgan fingerprint density at radius 1 is 0.742 bits per heavy atom. The van der Waals surface area contributed by atoms with Crippen molar-refractivity contribution < 1.29 is 79.0 Å². The van der Waals surface area contributed by atoms with Gasteiger partial charge in [-0.1, -0.05) is 47.1 Å². The van der Waals surface area contributed by atoms with Crippen molar-refractivity contribution in [3.63, 3.8) is 0 Å². The minimum Gasteiger partial charge on any atom is -0.481 e. The number of aromatic amines is 2. The number of carbonyl (C=O) groups is 4. The molecule has 0 amide bonds. The number of hydrogen-bond acceptors (Lipinski definition) is 15. The molecule has 7 aliphatic rings. The molecule has 5 aliphatic carbocycles. The second kappa shape index (κ2) is 17.5. The number of H-pyrrole nitrogens is 2. The Balaban J connectivity index is 0.000000732. The standard InChI is InChI=1S/C42H62O16.C4H4N2OS/c1-37(2)21-8-11-42(7)31(20(43)16-18-19-17-39(4,36(53)54)13-12-38(19,3)14-15-41(18,42)6)40(21,5)10-9-22(37)55-35-30(26(47)25(46)29(57-35)33(51)52)58-34-27(48)23(44)24(45)28(56-34)32(49)50;7-3-1-2-5-4(8)6-3/h16,19,21-31,34-35,44-48H,8-15,17H2,1-7H3,(H,49,50)(H,51,52)(H,53,54);1-2H,(H2,5,6,7,8)/t19?,21-,22?,23-,24-,25-,26-,27+,28-,29-,30+,31+,34-,35-,38?,39-,40?,41+,42?;/m0./s1. The van der Waals surface area contributed by atoms with Crippen molar-refractivity contribution in [3.05, 3.63) is 39.0 Å². The zero-order valence-corrected chi connectivity index (χ0v) is 39.2. The van der Waals surface area contributed by atoms with E-state index < -0.39 is 107 Å².